The van der Waals surface area contributed by atoms with E-state index in [9.17, 15) is 0 Å². The van der Waals surface area contributed by atoms with Gasteiger partial charge >= 0.3 is 0 Å². The zero-order valence-corrected chi connectivity index (χ0v) is 6.81. The maximum Gasteiger partial charge on any atom is 0.165 e. The second-order valence-electron chi connectivity index (χ2n) is 2.47. The normalized spacial score (nSPS) is 9.92. The molecule has 0 aliphatic heterocycles. The van der Waals surface area contributed by atoms with Crippen LogP contribution in [0.4, 0.5) is 0 Å². The maximum atomic E-state index is 5.16. The second-order valence-corrected chi connectivity index (χ2v) is 2.47. The van der Waals surface area contributed by atoms with Crippen molar-refractivity contribution in [3.05, 3.63) is 36.7 Å². The van der Waals surface area contributed by atoms with E-state index < -0.39 is 0 Å². The van der Waals surface area contributed by atoms with Crippen molar-refractivity contribution in [3.63, 3.8) is 0 Å². The predicted octanol–water partition coefficient (Wildman–Crippen LogP) is 1.59. The summed E-state index contributed by atoms with van der Waals surface area (Å²) in [6.07, 6.45) is 3.14. The van der Waals surface area contributed by atoms with Gasteiger partial charge in [0.05, 0.1) is 12.5 Å². The monoisotopic (exact) mass is 176 g/mol. The van der Waals surface area contributed by atoms with Gasteiger partial charge in [-0.15, -0.1) is 0 Å². The molecule has 2 rings (SSSR count). The molecule has 2 heterocycles. The van der Waals surface area contributed by atoms with Crippen LogP contribution < -0.4 is 10.7 Å². The SMILES string of the molecule is NOc1ccc(-c2ccco2)nc1. The Kier molecular flexibility index (Phi) is 1.97. The van der Waals surface area contributed by atoms with Gasteiger partial charge in [0.15, 0.2) is 11.5 Å². The maximum absolute atomic E-state index is 5.16. The molecule has 0 amide bonds. The molecule has 2 aromatic rings. The topological polar surface area (TPSA) is 61.3 Å². The Morgan fingerprint density at radius 2 is 2.23 bits per heavy atom. The van der Waals surface area contributed by atoms with E-state index in [1.165, 1.54) is 6.20 Å². The smallest absolute Gasteiger partial charge is 0.165 e. The van der Waals surface area contributed by atoms with Crippen LogP contribution in [0.5, 0.6) is 5.75 Å². The first-order valence-corrected chi connectivity index (χ1v) is 3.77. The summed E-state index contributed by atoms with van der Waals surface area (Å²) in [6, 6.07) is 7.15. The fourth-order valence-electron chi connectivity index (χ4n) is 1.02. The van der Waals surface area contributed by atoms with E-state index in [0.717, 1.165) is 11.5 Å². The summed E-state index contributed by atoms with van der Waals surface area (Å²) in [6.45, 7) is 0. The van der Waals surface area contributed by atoms with Crippen molar-refractivity contribution in [3.8, 4) is 17.2 Å². The van der Waals surface area contributed by atoms with E-state index in [0.29, 0.717) is 5.75 Å². The van der Waals surface area contributed by atoms with Gasteiger partial charge in [-0.2, -0.15) is 5.90 Å². The van der Waals surface area contributed by atoms with Crippen LogP contribution in [0.1, 0.15) is 0 Å². The Hall–Kier alpha value is -1.81. The molecule has 4 heteroatoms. The van der Waals surface area contributed by atoms with Crippen LogP contribution in [0.3, 0.4) is 0 Å². The molecule has 0 saturated carbocycles. The minimum absolute atomic E-state index is 0.523. The highest BCUT2D eigenvalue weighted by molar-refractivity contribution is 5.52. The van der Waals surface area contributed by atoms with Gasteiger partial charge < -0.3 is 9.25 Å². The molecule has 2 aromatic heterocycles. The lowest BCUT2D eigenvalue weighted by Gasteiger charge is -1.98. The van der Waals surface area contributed by atoms with E-state index in [1.807, 2.05) is 12.1 Å². The van der Waals surface area contributed by atoms with E-state index >= 15 is 0 Å². The molecule has 0 bridgehead atoms. The minimum atomic E-state index is 0.523. The summed E-state index contributed by atoms with van der Waals surface area (Å²) < 4.78 is 5.16. The van der Waals surface area contributed by atoms with Crippen LogP contribution >= 0.6 is 0 Å². The minimum Gasteiger partial charge on any atom is -0.463 e. The number of nitrogens with two attached hydrogens (primary N) is 1. The summed E-state index contributed by atoms with van der Waals surface area (Å²) in [4.78, 5) is 8.59. The Morgan fingerprint density at radius 1 is 1.31 bits per heavy atom. The molecule has 0 atom stereocenters. The van der Waals surface area contributed by atoms with Gasteiger partial charge in [0.25, 0.3) is 0 Å². The molecular formula is C9H8N2O2. The van der Waals surface area contributed by atoms with Crippen molar-refractivity contribution in [1.29, 1.82) is 0 Å². The highest BCUT2D eigenvalue weighted by atomic mass is 16.6. The van der Waals surface area contributed by atoms with Crippen molar-refractivity contribution < 1.29 is 9.25 Å². The summed E-state index contributed by atoms with van der Waals surface area (Å²) >= 11 is 0. The third kappa shape index (κ3) is 1.52. The van der Waals surface area contributed by atoms with Gasteiger partial charge in [0.1, 0.15) is 5.69 Å². The summed E-state index contributed by atoms with van der Waals surface area (Å²) in [7, 11) is 0. The van der Waals surface area contributed by atoms with Crippen molar-refractivity contribution in [1.82, 2.24) is 4.98 Å². The van der Waals surface area contributed by atoms with Crippen molar-refractivity contribution >= 4 is 0 Å². The molecule has 66 valence electrons. The third-order valence-electron chi connectivity index (χ3n) is 1.65. The van der Waals surface area contributed by atoms with Crippen LogP contribution in [0.15, 0.2) is 41.1 Å². The third-order valence-corrected chi connectivity index (χ3v) is 1.65. The van der Waals surface area contributed by atoms with Crippen LogP contribution in [-0.2, 0) is 0 Å². The van der Waals surface area contributed by atoms with Crippen LogP contribution in [-0.4, -0.2) is 4.98 Å². The molecule has 0 aromatic carbocycles. The zero-order chi connectivity index (χ0) is 9.10. The highest BCUT2D eigenvalue weighted by Crippen LogP contribution is 2.18. The lowest BCUT2D eigenvalue weighted by atomic mass is 10.3. The molecule has 0 spiro atoms. The van der Waals surface area contributed by atoms with E-state index in [-0.39, 0.29) is 0 Å². The van der Waals surface area contributed by atoms with Crippen LogP contribution in [0, 0.1) is 0 Å². The molecular weight excluding hydrogens is 168 g/mol. The number of rotatable bonds is 2. The van der Waals surface area contributed by atoms with Gasteiger partial charge in [0.2, 0.25) is 0 Å². The summed E-state index contributed by atoms with van der Waals surface area (Å²) in [5.74, 6) is 6.20. The Morgan fingerprint density at radius 3 is 2.77 bits per heavy atom. The molecule has 0 saturated heterocycles. The predicted molar refractivity (Wildman–Crippen MR) is 46.8 cm³/mol. The average molecular weight is 176 g/mol. The molecule has 0 radical (unpaired) electrons. The average Bonchev–Trinajstić information content (AvgIpc) is 2.71. The summed E-state index contributed by atoms with van der Waals surface area (Å²) in [5.41, 5.74) is 0.755. The number of hydrogen-bond acceptors (Lipinski definition) is 4. The number of furan rings is 1. The Labute approximate surface area is 74.9 Å². The lowest BCUT2D eigenvalue weighted by molar-refractivity contribution is 0.333. The quantitative estimate of drug-likeness (QED) is 0.706. The lowest BCUT2D eigenvalue weighted by Crippen LogP contribution is -2.01. The van der Waals surface area contributed by atoms with E-state index in [1.54, 1.807) is 18.4 Å². The first-order chi connectivity index (χ1) is 6.40. The standard InChI is InChI=1S/C9H8N2O2/c10-13-7-3-4-8(11-6-7)9-2-1-5-12-9/h1-6H,10H2. The van der Waals surface area contributed by atoms with E-state index in [4.69, 9.17) is 10.3 Å². The fourth-order valence-corrected chi connectivity index (χ4v) is 1.02. The number of nitrogens with zero attached hydrogens (tertiary/aromatic N) is 1. The molecule has 0 unspecified atom stereocenters. The van der Waals surface area contributed by atoms with Gasteiger partial charge in [0, 0.05) is 0 Å². The first-order valence-electron chi connectivity index (χ1n) is 3.77. The molecule has 13 heavy (non-hydrogen) atoms. The Bertz CT molecular complexity index is 367. The van der Waals surface area contributed by atoms with E-state index in [2.05, 4.69) is 9.82 Å². The molecule has 4 nitrogen and oxygen atoms in total. The van der Waals surface area contributed by atoms with Crippen molar-refractivity contribution in [2.75, 3.05) is 0 Å². The van der Waals surface area contributed by atoms with Crippen molar-refractivity contribution in [2.45, 2.75) is 0 Å². The number of aromatic nitrogens is 1. The largest absolute Gasteiger partial charge is 0.463 e. The van der Waals surface area contributed by atoms with Crippen molar-refractivity contribution in [2.24, 2.45) is 5.90 Å². The fraction of sp³-hybridized carbons (Fsp3) is 0. The zero-order valence-electron chi connectivity index (χ0n) is 6.81. The summed E-state index contributed by atoms with van der Waals surface area (Å²) in [5, 5.41) is 0. The molecule has 0 aliphatic rings. The molecule has 0 aliphatic carbocycles. The van der Waals surface area contributed by atoms with Gasteiger partial charge in [-0.25, -0.2) is 4.98 Å². The first kappa shape index (κ1) is 7.82. The number of pyridine rings is 1. The Balaban J connectivity index is 2.33. The van der Waals surface area contributed by atoms with Crippen LogP contribution in [0.25, 0.3) is 11.5 Å². The molecule has 0 fully saturated rings. The van der Waals surface area contributed by atoms with Gasteiger partial charge in [-0.1, -0.05) is 0 Å². The molecule has 2 N–H and O–H groups in total. The van der Waals surface area contributed by atoms with Gasteiger partial charge in [-0.05, 0) is 24.3 Å². The van der Waals surface area contributed by atoms with Gasteiger partial charge in [-0.3, -0.25) is 0 Å². The van der Waals surface area contributed by atoms with Crippen LogP contribution in [0.2, 0.25) is 0 Å². The number of hydrogen-bond donors (Lipinski definition) is 1. The highest BCUT2D eigenvalue weighted by Gasteiger charge is 2.01. The second kappa shape index (κ2) is 3.28.